The molecule has 9 nitrogen and oxygen atoms in total. The molecule has 0 saturated carbocycles. The summed E-state index contributed by atoms with van der Waals surface area (Å²) in [4.78, 5) is 19.4. The number of morpholine rings is 1. The van der Waals surface area contributed by atoms with Crippen molar-refractivity contribution >= 4 is 32.9 Å². The molecule has 0 amide bonds. The van der Waals surface area contributed by atoms with Crippen molar-refractivity contribution in [3.8, 4) is 0 Å². The monoisotopic (exact) mass is 336 g/mol. The second kappa shape index (κ2) is 5.70. The minimum absolute atomic E-state index is 0.101. The van der Waals surface area contributed by atoms with Crippen molar-refractivity contribution in [1.82, 2.24) is 9.97 Å². The molecule has 1 aliphatic heterocycles. The predicted molar refractivity (Wildman–Crippen MR) is 74.4 cm³/mol. The first-order valence-corrected chi connectivity index (χ1v) is 8.25. The van der Waals surface area contributed by atoms with Crippen LogP contribution in [0, 0.1) is 10.1 Å². The summed E-state index contributed by atoms with van der Waals surface area (Å²) in [5.41, 5.74) is -0.502. The van der Waals surface area contributed by atoms with Crippen LogP contribution < -0.4 is 4.90 Å². The lowest BCUT2D eigenvalue weighted by Crippen LogP contribution is -2.42. The Balaban J connectivity index is 2.60. The van der Waals surface area contributed by atoms with Crippen molar-refractivity contribution in [2.75, 3.05) is 30.9 Å². The lowest BCUT2D eigenvalue weighted by Gasteiger charge is -2.31. The molecule has 1 aromatic rings. The van der Waals surface area contributed by atoms with Gasteiger partial charge in [-0.15, -0.1) is 0 Å². The number of halogens is 1. The summed E-state index contributed by atoms with van der Waals surface area (Å²) in [6, 6.07) is 0. The first-order chi connectivity index (χ1) is 9.70. The second-order valence-electron chi connectivity index (χ2n) is 4.63. The Morgan fingerprint density at radius 2 is 2.14 bits per heavy atom. The predicted octanol–water partition coefficient (Wildman–Crippen LogP) is 0.667. The van der Waals surface area contributed by atoms with Crippen LogP contribution in [0.5, 0.6) is 0 Å². The van der Waals surface area contributed by atoms with Crippen LogP contribution in [-0.2, 0) is 14.6 Å². The van der Waals surface area contributed by atoms with Crippen LogP contribution in [0.25, 0.3) is 0 Å². The molecular formula is C10H13ClN4O5S. The van der Waals surface area contributed by atoms with Crippen LogP contribution in [0.1, 0.15) is 6.92 Å². The third kappa shape index (κ3) is 3.39. The van der Waals surface area contributed by atoms with Crippen LogP contribution in [0.2, 0.25) is 5.15 Å². The topological polar surface area (TPSA) is 116 Å². The van der Waals surface area contributed by atoms with E-state index in [1.54, 1.807) is 11.8 Å². The lowest BCUT2D eigenvalue weighted by atomic mass is 10.3. The zero-order chi connectivity index (χ0) is 15.8. The quantitative estimate of drug-likeness (QED) is 0.342. The van der Waals surface area contributed by atoms with Gasteiger partial charge in [-0.3, -0.25) is 10.1 Å². The van der Waals surface area contributed by atoms with Gasteiger partial charge in [0.1, 0.15) is 0 Å². The maximum atomic E-state index is 11.6. The van der Waals surface area contributed by atoms with Gasteiger partial charge in [0, 0.05) is 19.3 Å². The van der Waals surface area contributed by atoms with Gasteiger partial charge in [-0.05, 0) is 6.92 Å². The van der Waals surface area contributed by atoms with Crippen molar-refractivity contribution in [3.05, 3.63) is 15.3 Å². The van der Waals surface area contributed by atoms with E-state index in [0.717, 1.165) is 6.26 Å². The van der Waals surface area contributed by atoms with Gasteiger partial charge in [0.15, 0.2) is 0 Å². The van der Waals surface area contributed by atoms with Crippen molar-refractivity contribution in [1.29, 1.82) is 0 Å². The molecule has 1 saturated heterocycles. The summed E-state index contributed by atoms with van der Waals surface area (Å²) in [6.07, 6.45) is 0.754. The van der Waals surface area contributed by atoms with Gasteiger partial charge in [0.2, 0.25) is 20.8 Å². The number of nitro groups is 1. The summed E-state index contributed by atoms with van der Waals surface area (Å²) >= 11 is 5.78. The second-order valence-corrected chi connectivity index (χ2v) is 6.89. The van der Waals surface area contributed by atoms with Crippen molar-refractivity contribution in [2.45, 2.75) is 18.2 Å². The van der Waals surface area contributed by atoms with Gasteiger partial charge in [0.25, 0.3) is 5.16 Å². The normalized spacial score (nSPS) is 19.6. The molecule has 1 fully saturated rings. The van der Waals surface area contributed by atoms with Gasteiger partial charge in [-0.25, -0.2) is 8.42 Å². The Bertz CT molecular complexity index is 680. The van der Waals surface area contributed by atoms with Crippen molar-refractivity contribution < 1.29 is 18.1 Å². The zero-order valence-electron chi connectivity index (χ0n) is 11.3. The molecule has 2 rings (SSSR count). The minimum Gasteiger partial charge on any atom is -0.375 e. The maximum absolute atomic E-state index is 11.6. The van der Waals surface area contributed by atoms with E-state index in [-0.39, 0.29) is 11.9 Å². The molecule has 11 heteroatoms. The fourth-order valence-corrected chi connectivity index (χ4v) is 2.74. The first-order valence-electron chi connectivity index (χ1n) is 5.98. The van der Waals surface area contributed by atoms with E-state index in [1.165, 1.54) is 0 Å². The van der Waals surface area contributed by atoms with Gasteiger partial charge >= 0.3 is 5.69 Å². The summed E-state index contributed by atoms with van der Waals surface area (Å²) in [5, 5.41) is 10.1. The number of hydrogen-bond donors (Lipinski definition) is 0. The van der Waals surface area contributed by atoms with Gasteiger partial charge < -0.3 is 9.64 Å². The molecule has 1 unspecified atom stereocenters. The number of ether oxygens (including phenoxy) is 1. The van der Waals surface area contributed by atoms with E-state index in [1.807, 2.05) is 0 Å². The van der Waals surface area contributed by atoms with E-state index in [0.29, 0.717) is 19.7 Å². The first kappa shape index (κ1) is 15.9. The van der Waals surface area contributed by atoms with E-state index in [2.05, 4.69) is 9.97 Å². The van der Waals surface area contributed by atoms with E-state index >= 15 is 0 Å². The van der Waals surface area contributed by atoms with Crippen LogP contribution in [0.15, 0.2) is 5.16 Å². The molecule has 1 atom stereocenters. The highest BCUT2D eigenvalue weighted by Gasteiger charge is 2.31. The fourth-order valence-electron chi connectivity index (χ4n) is 1.95. The van der Waals surface area contributed by atoms with Crippen LogP contribution in [0.3, 0.4) is 0 Å². The number of anilines is 1. The van der Waals surface area contributed by atoms with Gasteiger partial charge in [0.05, 0.1) is 17.6 Å². The molecule has 21 heavy (non-hydrogen) atoms. The summed E-state index contributed by atoms with van der Waals surface area (Å²) < 4.78 is 28.5. The number of nitrogens with zero attached hydrogens (tertiary/aromatic N) is 4. The molecule has 0 aromatic carbocycles. The maximum Gasteiger partial charge on any atom is 0.348 e. The summed E-state index contributed by atoms with van der Waals surface area (Å²) in [5.74, 6) is -0.101. The summed E-state index contributed by atoms with van der Waals surface area (Å²) in [6.45, 7) is 2.85. The lowest BCUT2D eigenvalue weighted by molar-refractivity contribution is -0.384. The third-order valence-electron chi connectivity index (χ3n) is 2.86. The van der Waals surface area contributed by atoms with E-state index in [9.17, 15) is 18.5 Å². The Morgan fingerprint density at radius 3 is 2.67 bits per heavy atom. The molecule has 0 aliphatic carbocycles. The number of aromatic nitrogens is 2. The van der Waals surface area contributed by atoms with Crippen LogP contribution in [-0.4, -0.2) is 55.4 Å². The summed E-state index contributed by atoms with van der Waals surface area (Å²) in [7, 11) is -3.73. The molecule has 0 N–H and O–H groups in total. The molecule has 0 radical (unpaired) electrons. The standard InChI is InChI=1S/C10H13ClN4O5S/c1-6-5-14(3-4-20-6)9-7(15(16)17)8(11)12-10(13-9)21(2,18)19/h6H,3-5H2,1-2H3. The third-order valence-corrected chi connectivity index (χ3v) is 3.97. The van der Waals surface area contributed by atoms with E-state index < -0.39 is 30.8 Å². The minimum atomic E-state index is -3.73. The number of hydrogen-bond acceptors (Lipinski definition) is 8. The molecule has 2 heterocycles. The smallest absolute Gasteiger partial charge is 0.348 e. The Hall–Kier alpha value is -1.52. The van der Waals surface area contributed by atoms with Gasteiger partial charge in [-0.1, -0.05) is 11.6 Å². The van der Waals surface area contributed by atoms with E-state index in [4.69, 9.17) is 16.3 Å². The molecule has 0 spiro atoms. The molecule has 116 valence electrons. The molecule has 1 aliphatic rings. The highest BCUT2D eigenvalue weighted by atomic mass is 35.5. The SMILES string of the molecule is CC1CN(c2nc(S(C)(=O)=O)nc(Cl)c2[N+](=O)[O-])CCO1. The largest absolute Gasteiger partial charge is 0.375 e. The molecule has 0 bridgehead atoms. The highest BCUT2D eigenvalue weighted by Crippen LogP contribution is 2.33. The Morgan fingerprint density at radius 1 is 1.48 bits per heavy atom. The average Bonchev–Trinajstić information content (AvgIpc) is 2.36. The molecular weight excluding hydrogens is 324 g/mol. The fraction of sp³-hybridized carbons (Fsp3) is 0.600. The van der Waals surface area contributed by atoms with Crippen molar-refractivity contribution in [2.24, 2.45) is 0 Å². The number of rotatable bonds is 3. The van der Waals surface area contributed by atoms with Gasteiger partial charge in [-0.2, -0.15) is 9.97 Å². The average molecular weight is 337 g/mol. The Labute approximate surface area is 126 Å². The Kier molecular flexibility index (Phi) is 4.30. The zero-order valence-corrected chi connectivity index (χ0v) is 12.9. The highest BCUT2D eigenvalue weighted by molar-refractivity contribution is 7.90. The van der Waals surface area contributed by atoms with Crippen molar-refractivity contribution in [3.63, 3.8) is 0 Å². The van der Waals surface area contributed by atoms with Crippen LogP contribution in [0.4, 0.5) is 11.5 Å². The number of sulfone groups is 1. The van der Waals surface area contributed by atoms with Crippen LogP contribution >= 0.6 is 11.6 Å². The molecule has 1 aromatic heterocycles.